The average molecular weight is 451 g/mol. The summed E-state index contributed by atoms with van der Waals surface area (Å²) in [5, 5.41) is 2.94. The van der Waals surface area contributed by atoms with Crippen LogP contribution in [-0.2, 0) is 21.2 Å². The zero-order chi connectivity index (χ0) is 23.3. The molecule has 0 bridgehead atoms. The molecule has 5 nitrogen and oxygen atoms in total. The van der Waals surface area contributed by atoms with Crippen LogP contribution in [-0.4, -0.2) is 20.9 Å². The molecule has 0 aliphatic heterocycles. The molecule has 0 saturated carbocycles. The van der Waals surface area contributed by atoms with E-state index in [-0.39, 0.29) is 23.4 Å². The van der Waals surface area contributed by atoms with E-state index in [4.69, 9.17) is 0 Å². The molecule has 0 saturated heterocycles. The van der Waals surface area contributed by atoms with Crippen molar-refractivity contribution < 1.29 is 13.2 Å². The molecule has 1 unspecified atom stereocenters. The number of carbonyl (C=O) groups excluding carboxylic acids is 1. The number of rotatable bonds is 8. The van der Waals surface area contributed by atoms with Crippen molar-refractivity contribution in [1.29, 1.82) is 0 Å². The molecular formula is C26H30N2O3S. The number of anilines is 1. The number of hydrogen-bond donors (Lipinski definition) is 1. The minimum absolute atomic E-state index is 0.155. The molecular weight excluding hydrogens is 420 g/mol. The van der Waals surface area contributed by atoms with Crippen molar-refractivity contribution >= 4 is 21.6 Å². The van der Waals surface area contributed by atoms with E-state index < -0.39 is 10.0 Å². The maximum absolute atomic E-state index is 13.5. The van der Waals surface area contributed by atoms with E-state index in [0.29, 0.717) is 5.69 Å². The zero-order valence-corrected chi connectivity index (χ0v) is 19.8. The average Bonchev–Trinajstić information content (AvgIpc) is 2.78. The number of sulfonamides is 1. The summed E-state index contributed by atoms with van der Waals surface area (Å²) in [6, 6.07) is 21.7. The van der Waals surface area contributed by atoms with Gasteiger partial charge in [-0.2, -0.15) is 0 Å². The summed E-state index contributed by atoms with van der Waals surface area (Å²) in [5.74, 6) is -0.365. The minimum Gasteiger partial charge on any atom is -0.348 e. The molecule has 6 heteroatoms. The molecule has 1 atom stereocenters. The van der Waals surface area contributed by atoms with Crippen LogP contribution in [0, 0.1) is 13.8 Å². The van der Waals surface area contributed by atoms with Crippen molar-refractivity contribution in [3.8, 4) is 0 Å². The fourth-order valence-corrected chi connectivity index (χ4v) is 5.01. The Morgan fingerprint density at radius 1 is 0.938 bits per heavy atom. The third-order valence-electron chi connectivity index (χ3n) is 5.55. The van der Waals surface area contributed by atoms with Crippen LogP contribution in [0.2, 0.25) is 0 Å². The zero-order valence-electron chi connectivity index (χ0n) is 19.0. The molecule has 0 fully saturated rings. The topological polar surface area (TPSA) is 66.5 Å². The van der Waals surface area contributed by atoms with Gasteiger partial charge in [0.15, 0.2) is 0 Å². The smallest absolute Gasteiger partial charge is 0.264 e. The highest BCUT2D eigenvalue weighted by atomic mass is 32.2. The molecule has 1 N–H and O–H groups in total. The van der Waals surface area contributed by atoms with Gasteiger partial charge in [0.2, 0.25) is 5.91 Å². The quantitative estimate of drug-likeness (QED) is 0.529. The number of nitrogens with zero attached hydrogens (tertiary/aromatic N) is 1. The van der Waals surface area contributed by atoms with Gasteiger partial charge in [-0.15, -0.1) is 0 Å². The monoisotopic (exact) mass is 450 g/mol. The molecule has 0 aliphatic rings. The lowest BCUT2D eigenvalue weighted by Gasteiger charge is -2.26. The first-order chi connectivity index (χ1) is 15.2. The van der Waals surface area contributed by atoms with Crippen LogP contribution in [0.5, 0.6) is 0 Å². The van der Waals surface area contributed by atoms with Crippen LogP contribution < -0.4 is 9.62 Å². The SMILES string of the molecule is CCc1ccc(C(C)NC(=O)CN(c2ccccc2C)S(=O)(=O)c2ccc(C)cc2)cc1. The first-order valence-corrected chi connectivity index (χ1v) is 12.2. The van der Waals surface area contributed by atoms with E-state index in [0.717, 1.165) is 23.1 Å². The first-order valence-electron chi connectivity index (χ1n) is 10.8. The van der Waals surface area contributed by atoms with Gasteiger partial charge in [0.05, 0.1) is 16.6 Å². The number of amides is 1. The Labute approximate surface area is 191 Å². The van der Waals surface area contributed by atoms with Crippen molar-refractivity contribution in [2.24, 2.45) is 0 Å². The van der Waals surface area contributed by atoms with Crippen LogP contribution in [0.1, 0.15) is 42.1 Å². The third-order valence-corrected chi connectivity index (χ3v) is 7.32. The maximum Gasteiger partial charge on any atom is 0.264 e. The van der Waals surface area contributed by atoms with Crippen LogP contribution in [0.3, 0.4) is 0 Å². The molecule has 32 heavy (non-hydrogen) atoms. The maximum atomic E-state index is 13.5. The van der Waals surface area contributed by atoms with Crippen molar-refractivity contribution in [2.75, 3.05) is 10.8 Å². The van der Waals surface area contributed by atoms with Crippen LogP contribution in [0.4, 0.5) is 5.69 Å². The second kappa shape index (κ2) is 10.0. The van der Waals surface area contributed by atoms with Gasteiger partial charge in [-0.1, -0.05) is 67.1 Å². The summed E-state index contributed by atoms with van der Waals surface area (Å²) in [7, 11) is -3.93. The van der Waals surface area contributed by atoms with Gasteiger partial charge in [0, 0.05) is 0 Å². The van der Waals surface area contributed by atoms with Gasteiger partial charge >= 0.3 is 0 Å². The molecule has 3 aromatic rings. The van der Waals surface area contributed by atoms with E-state index in [9.17, 15) is 13.2 Å². The molecule has 1 amide bonds. The third kappa shape index (κ3) is 5.37. The second-order valence-corrected chi connectivity index (χ2v) is 9.86. The summed E-state index contributed by atoms with van der Waals surface area (Å²) in [6.07, 6.45) is 0.948. The Kier molecular flexibility index (Phi) is 7.36. The van der Waals surface area contributed by atoms with Crippen molar-refractivity contribution in [3.05, 3.63) is 95.1 Å². The molecule has 168 valence electrons. The lowest BCUT2D eigenvalue weighted by atomic mass is 10.1. The van der Waals surface area contributed by atoms with E-state index in [1.165, 1.54) is 9.87 Å². The minimum atomic E-state index is -3.93. The Hall–Kier alpha value is -3.12. The number of hydrogen-bond acceptors (Lipinski definition) is 3. The van der Waals surface area contributed by atoms with Gasteiger partial charge in [0.1, 0.15) is 6.54 Å². The van der Waals surface area contributed by atoms with Crippen LogP contribution in [0.15, 0.2) is 77.7 Å². The van der Waals surface area contributed by atoms with Gasteiger partial charge < -0.3 is 5.32 Å². The lowest BCUT2D eigenvalue weighted by Crippen LogP contribution is -2.41. The Morgan fingerprint density at radius 3 is 2.16 bits per heavy atom. The standard InChI is InChI=1S/C26H30N2O3S/c1-5-22-12-14-23(15-13-22)21(4)27-26(29)18-28(25-9-7-6-8-20(25)3)32(30,31)24-16-10-19(2)11-17-24/h6-17,21H,5,18H2,1-4H3,(H,27,29). The number of nitrogens with one attached hydrogen (secondary N) is 1. The summed E-state index contributed by atoms with van der Waals surface area (Å²) in [6.45, 7) is 7.42. The van der Waals surface area contributed by atoms with Crippen LogP contribution in [0.25, 0.3) is 0 Å². The van der Waals surface area contributed by atoms with Gasteiger partial charge in [-0.3, -0.25) is 9.10 Å². The Morgan fingerprint density at radius 2 is 1.56 bits per heavy atom. The number of carbonyl (C=O) groups is 1. The molecule has 3 rings (SSSR count). The molecule has 0 heterocycles. The van der Waals surface area contributed by atoms with Gasteiger partial charge in [-0.25, -0.2) is 8.42 Å². The van der Waals surface area contributed by atoms with E-state index in [2.05, 4.69) is 12.2 Å². The summed E-state index contributed by atoms with van der Waals surface area (Å²) < 4.78 is 28.2. The summed E-state index contributed by atoms with van der Waals surface area (Å²) >= 11 is 0. The highest BCUT2D eigenvalue weighted by Crippen LogP contribution is 2.27. The Balaban J connectivity index is 1.87. The lowest BCUT2D eigenvalue weighted by molar-refractivity contribution is -0.120. The number of aryl methyl sites for hydroxylation is 3. The van der Waals surface area contributed by atoms with Crippen molar-refractivity contribution in [1.82, 2.24) is 5.32 Å². The molecule has 0 aromatic heterocycles. The fourth-order valence-electron chi connectivity index (χ4n) is 3.52. The largest absolute Gasteiger partial charge is 0.348 e. The highest BCUT2D eigenvalue weighted by Gasteiger charge is 2.28. The molecule has 0 spiro atoms. The second-order valence-electron chi connectivity index (χ2n) is 8.00. The first kappa shape index (κ1) is 23.5. The normalized spacial score (nSPS) is 12.2. The van der Waals surface area contributed by atoms with Gasteiger partial charge in [-0.05, 0) is 62.1 Å². The van der Waals surface area contributed by atoms with E-state index >= 15 is 0 Å². The van der Waals surface area contributed by atoms with Gasteiger partial charge in [0.25, 0.3) is 10.0 Å². The van der Waals surface area contributed by atoms with E-state index in [1.54, 1.807) is 36.4 Å². The Bertz CT molecular complexity index is 1170. The number of para-hydroxylation sites is 1. The summed E-state index contributed by atoms with van der Waals surface area (Å²) in [5.41, 5.74) is 4.43. The van der Waals surface area contributed by atoms with Crippen LogP contribution >= 0.6 is 0 Å². The molecule has 3 aromatic carbocycles. The number of benzene rings is 3. The molecule has 0 aliphatic carbocycles. The fraction of sp³-hybridized carbons (Fsp3) is 0.269. The predicted octanol–water partition coefficient (Wildman–Crippen LogP) is 4.94. The van der Waals surface area contributed by atoms with E-state index in [1.807, 2.05) is 57.2 Å². The van der Waals surface area contributed by atoms with Crippen molar-refractivity contribution in [2.45, 2.75) is 45.1 Å². The molecule has 0 radical (unpaired) electrons. The van der Waals surface area contributed by atoms with Crippen molar-refractivity contribution in [3.63, 3.8) is 0 Å². The predicted molar refractivity (Wildman–Crippen MR) is 129 cm³/mol. The highest BCUT2D eigenvalue weighted by molar-refractivity contribution is 7.92. The summed E-state index contributed by atoms with van der Waals surface area (Å²) in [4.78, 5) is 13.1.